The van der Waals surface area contributed by atoms with Crippen molar-refractivity contribution in [3.8, 4) is 0 Å². The summed E-state index contributed by atoms with van der Waals surface area (Å²) >= 11 is 0. The highest BCUT2D eigenvalue weighted by atomic mass is 16.5. The van der Waals surface area contributed by atoms with E-state index in [-0.39, 0.29) is 12.6 Å². The third-order valence-electron chi connectivity index (χ3n) is 3.44. The summed E-state index contributed by atoms with van der Waals surface area (Å²) in [6.45, 7) is 5.47. The molecule has 0 fully saturated rings. The number of hydrogen-bond donors (Lipinski definition) is 1. The lowest BCUT2D eigenvalue weighted by Crippen LogP contribution is -2.41. The molecule has 0 aliphatic heterocycles. The number of hydrogen-bond acceptors (Lipinski definition) is 5. The molecule has 0 atom stereocenters. The van der Waals surface area contributed by atoms with Crippen LogP contribution in [0, 0.1) is 13.8 Å². The second-order valence-corrected chi connectivity index (χ2v) is 5.23. The van der Waals surface area contributed by atoms with Crippen LogP contribution >= 0.6 is 0 Å². The van der Waals surface area contributed by atoms with Crippen LogP contribution < -0.4 is 5.32 Å². The molecule has 0 aliphatic carbocycles. The van der Waals surface area contributed by atoms with Gasteiger partial charge in [0.05, 0.1) is 13.2 Å². The minimum atomic E-state index is -0.187. The van der Waals surface area contributed by atoms with Crippen LogP contribution in [0.25, 0.3) is 0 Å². The van der Waals surface area contributed by atoms with Gasteiger partial charge in [0.15, 0.2) is 5.82 Å². The molecule has 7 heteroatoms. The molecule has 1 heterocycles. The Hall–Kier alpha value is -2.41. The summed E-state index contributed by atoms with van der Waals surface area (Å²) in [5.41, 5.74) is 2.26. The maximum atomic E-state index is 12.4. The Bertz CT molecular complexity index is 642. The molecule has 1 aromatic heterocycles. The maximum Gasteiger partial charge on any atom is 0.318 e. The number of nitrogens with zero attached hydrogens (tertiary/aromatic N) is 3. The molecule has 0 bridgehead atoms. The zero-order valence-corrected chi connectivity index (χ0v) is 13.7. The van der Waals surface area contributed by atoms with Crippen molar-refractivity contribution in [3.63, 3.8) is 0 Å². The largest absolute Gasteiger partial charge is 0.383 e. The van der Waals surface area contributed by atoms with E-state index in [0.717, 1.165) is 11.1 Å². The number of rotatable bonds is 7. The van der Waals surface area contributed by atoms with Gasteiger partial charge in [0.1, 0.15) is 0 Å². The second-order valence-electron chi connectivity index (χ2n) is 5.23. The molecule has 7 nitrogen and oxygen atoms in total. The summed E-state index contributed by atoms with van der Waals surface area (Å²) in [6, 6.07) is 7.82. The summed E-state index contributed by atoms with van der Waals surface area (Å²) < 4.78 is 9.98. The van der Waals surface area contributed by atoms with Crippen molar-refractivity contribution in [3.05, 3.63) is 47.1 Å². The van der Waals surface area contributed by atoms with Gasteiger partial charge in [-0.25, -0.2) is 4.79 Å². The van der Waals surface area contributed by atoms with Crippen LogP contribution in [-0.2, 0) is 17.8 Å². The first-order valence-electron chi connectivity index (χ1n) is 7.45. The summed E-state index contributed by atoms with van der Waals surface area (Å²) in [7, 11) is 1.62. The number of urea groups is 1. The molecule has 124 valence electrons. The van der Waals surface area contributed by atoms with Gasteiger partial charge in [-0.3, -0.25) is 0 Å². The number of nitrogens with one attached hydrogen (secondary N) is 1. The van der Waals surface area contributed by atoms with Crippen molar-refractivity contribution in [1.29, 1.82) is 0 Å². The molecule has 2 rings (SSSR count). The zero-order valence-electron chi connectivity index (χ0n) is 13.7. The SMILES string of the molecule is COCCN(Cc1ccccc1C)C(=O)NCc1noc(C)n1. The fourth-order valence-electron chi connectivity index (χ4n) is 2.13. The summed E-state index contributed by atoms with van der Waals surface area (Å²) in [6.07, 6.45) is 0. The van der Waals surface area contributed by atoms with Crippen LogP contribution in [0.15, 0.2) is 28.8 Å². The van der Waals surface area contributed by atoms with Gasteiger partial charge in [0.25, 0.3) is 0 Å². The minimum absolute atomic E-state index is 0.187. The van der Waals surface area contributed by atoms with Gasteiger partial charge >= 0.3 is 6.03 Å². The molecule has 23 heavy (non-hydrogen) atoms. The number of aromatic nitrogens is 2. The Labute approximate surface area is 135 Å². The van der Waals surface area contributed by atoms with Crippen LogP contribution in [0.4, 0.5) is 4.79 Å². The normalized spacial score (nSPS) is 10.6. The van der Waals surface area contributed by atoms with E-state index in [1.807, 2.05) is 31.2 Å². The highest BCUT2D eigenvalue weighted by molar-refractivity contribution is 5.74. The van der Waals surface area contributed by atoms with E-state index in [9.17, 15) is 4.79 Å². The lowest BCUT2D eigenvalue weighted by atomic mass is 10.1. The fourth-order valence-corrected chi connectivity index (χ4v) is 2.13. The quantitative estimate of drug-likeness (QED) is 0.845. The van der Waals surface area contributed by atoms with E-state index < -0.39 is 0 Å². The lowest BCUT2D eigenvalue weighted by Gasteiger charge is -2.23. The standard InChI is InChI=1S/C16H22N4O3/c1-12-6-4-5-7-14(12)11-20(8-9-22-3)16(21)17-10-15-18-13(2)23-19-15/h4-7H,8-11H2,1-3H3,(H,17,21). The summed E-state index contributed by atoms with van der Waals surface area (Å²) in [4.78, 5) is 18.2. The van der Waals surface area contributed by atoms with E-state index >= 15 is 0 Å². The Balaban J connectivity index is 1.98. The highest BCUT2D eigenvalue weighted by Gasteiger charge is 2.15. The maximum absolute atomic E-state index is 12.4. The van der Waals surface area contributed by atoms with E-state index in [1.165, 1.54) is 0 Å². The third kappa shape index (κ3) is 5.07. The first kappa shape index (κ1) is 17.0. The Morgan fingerprint density at radius 3 is 2.78 bits per heavy atom. The molecule has 0 radical (unpaired) electrons. The van der Waals surface area contributed by atoms with Crippen molar-refractivity contribution >= 4 is 6.03 Å². The van der Waals surface area contributed by atoms with Gasteiger partial charge < -0.3 is 19.5 Å². The number of ether oxygens (including phenoxy) is 1. The first-order valence-corrected chi connectivity index (χ1v) is 7.45. The Morgan fingerprint density at radius 1 is 1.35 bits per heavy atom. The average Bonchev–Trinajstić information content (AvgIpc) is 2.96. The highest BCUT2D eigenvalue weighted by Crippen LogP contribution is 2.10. The van der Waals surface area contributed by atoms with Gasteiger partial charge in [-0.05, 0) is 18.1 Å². The fraction of sp³-hybridized carbons (Fsp3) is 0.438. The van der Waals surface area contributed by atoms with Crippen molar-refractivity contribution < 1.29 is 14.1 Å². The first-order chi connectivity index (χ1) is 11.1. The third-order valence-corrected chi connectivity index (χ3v) is 3.44. The molecule has 1 aromatic carbocycles. The van der Waals surface area contributed by atoms with Crippen LogP contribution in [0.2, 0.25) is 0 Å². The molecule has 0 saturated heterocycles. The predicted molar refractivity (Wildman–Crippen MR) is 84.7 cm³/mol. The average molecular weight is 318 g/mol. The van der Waals surface area contributed by atoms with Crippen LogP contribution in [0.5, 0.6) is 0 Å². The molecule has 2 aromatic rings. The van der Waals surface area contributed by atoms with E-state index in [2.05, 4.69) is 15.5 Å². The molecule has 0 spiro atoms. The molecule has 0 saturated carbocycles. The van der Waals surface area contributed by atoms with Crippen molar-refractivity contribution in [1.82, 2.24) is 20.4 Å². The Kier molecular flexibility index (Phi) is 6.10. The molecule has 0 aliphatic rings. The van der Waals surface area contributed by atoms with Crippen molar-refractivity contribution in [2.75, 3.05) is 20.3 Å². The lowest BCUT2D eigenvalue weighted by molar-refractivity contribution is 0.146. The molecule has 0 unspecified atom stereocenters. The van der Waals surface area contributed by atoms with Crippen molar-refractivity contribution in [2.24, 2.45) is 0 Å². The number of methoxy groups -OCH3 is 1. The topological polar surface area (TPSA) is 80.5 Å². The predicted octanol–water partition coefficient (Wildman–Crippen LogP) is 2.04. The van der Waals surface area contributed by atoms with E-state index in [4.69, 9.17) is 9.26 Å². The molecular weight excluding hydrogens is 296 g/mol. The number of aryl methyl sites for hydroxylation is 2. The molecule has 1 N–H and O–H groups in total. The van der Waals surface area contributed by atoms with Crippen LogP contribution in [0.3, 0.4) is 0 Å². The zero-order chi connectivity index (χ0) is 16.7. The molecule has 2 amide bonds. The second kappa shape index (κ2) is 8.28. The number of carbonyl (C=O) groups is 1. The van der Waals surface area contributed by atoms with Gasteiger partial charge in [0.2, 0.25) is 5.89 Å². The summed E-state index contributed by atoms with van der Waals surface area (Å²) in [5, 5.41) is 6.57. The number of carbonyl (C=O) groups excluding carboxylic acids is 1. The van der Waals surface area contributed by atoms with Crippen molar-refractivity contribution in [2.45, 2.75) is 26.9 Å². The number of amides is 2. The van der Waals surface area contributed by atoms with Gasteiger partial charge in [0, 0.05) is 27.1 Å². The summed E-state index contributed by atoms with van der Waals surface area (Å²) in [5.74, 6) is 0.934. The van der Waals surface area contributed by atoms with Crippen LogP contribution in [0.1, 0.15) is 22.8 Å². The van der Waals surface area contributed by atoms with E-state index in [0.29, 0.717) is 31.4 Å². The van der Waals surface area contributed by atoms with Gasteiger partial charge in [-0.1, -0.05) is 29.4 Å². The van der Waals surface area contributed by atoms with E-state index in [1.54, 1.807) is 18.9 Å². The smallest absolute Gasteiger partial charge is 0.318 e. The monoisotopic (exact) mass is 318 g/mol. The minimum Gasteiger partial charge on any atom is -0.383 e. The van der Waals surface area contributed by atoms with Gasteiger partial charge in [-0.15, -0.1) is 0 Å². The van der Waals surface area contributed by atoms with Crippen LogP contribution in [-0.4, -0.2) is 41.3 Å². The number of benzene rings is 1. The Morgan fingerprint density at radius 2 is 2.13 bits per heavy atom. The van der Waals surface area contributed by atoms with Gasteiger partial charge in [-0.2, -0.15) is 4.98 Å². The molecular formula is C16H22N4O3.